The van der Waals surface area contributed by atoms with E-state index < -0.39 is 6.04 Å². The molecule has 17 heavy (non-hydrogen) atoms. The van der Waals surface area contributed by atoms with E-state index in [0.29, 0.717) is 12.3 Å². The molecule has 0 bridgehead atoms. The van der Waals surface area contributed by atoms with E-state index in [4.69, 9.17) is 11.6 Å². The number of nitrogens with one attached hydrogen (secondary N) is 2. The Morgan fingerprint density at radius 3 is 2.29 bits per heavy atom. The summed E-state index contributed by atoms with van der Waals surface area (Å²) < 4.78 is 0. The first-order valence-corrected chi connectivity index (χ1v) is 6.47. The van der Waals surface area contributed by atoms with Crippen molar-refractivity contribution < 1.29 is 9.59 Å². The maximum atomic E-state index is 11.7. The Kier molecular flexibility index (Phi) is 7.19. The highest BCUT2D eigenvalue weighted by atomic mass is 35.5. The van der Waals surface area contributed by atoms with Crippen LogP contribution in [-0.4, -0.2) is 29.3 Å². The van der Waals surface area contributed by atoms with Crippen LogP contribution in [0.4, 0.5) is 0 Å². The fraction of sp³-hybridized carbons (Fsp3) is 0.833. The molecule has 0 aromatic rings. The van der Waals surface area contributed by atoms with Crippen molar-refractivity contribution in [3.63, 3.8) is 0 Å². The zero-order chi connectivity index (χ0) is 13.5. The van der Waals surface area contributed by atoms with Gasteiger partial charge < -0.3 is 10.6 Å². The van der Waals surface area contributed by atoms with Gasteiger partial charge in [-0.3, -0.25) is 9.59 Å². The number of hydrogen-bond acceptors (Lipinski definition) is 2. The maximum Gasteiger partial charge on any atom is 0.242 e. The lowest BCUT2D eigenvalue weighted by Gasteiger charge is -2.23. The summed E-state index contributed by atoms with van der Waals surface area (Å²) in [4.78, 5) is 23.1. The number of carbonyl (C=O) groups is 2. The molecule has 1 atom stereocenters. The summed E-state index contributed by atoms with van der Waals surface area (Å²) in [6.07, 6.45) is 1.99. The largest absolute Gasteiger partial charge is 0.350 e. The summed E-state index contributed by atoms with van der Waals surface area (Å²) in [7, 11) is 0. The SMILES string of the molecule is CC(NC(=O)CCCCCl)C(=O)NC(C)(C)C. The Hall–Kier alpha value is -0.770. The van der Waals surface area contributed by atoms with Crippen LogP contribution in [0.2, 0.25) is 0 Å². The topological polar surface area (TPSA) is 58.2 Å². The molecule has 2 amide bonds. The molecule has 0 aromatic heterocycles. The van der Waals surface area contributed by atoms with Crippen molar-refractivity contribution in [1.82, 2.24) is 10.6 Å². The third-order valence-corrected chi connectivity index (χ3v) is 2.32. The molecular weight excluding hydrogens is 240 g/mol. The Labute approximate surface area is 108 Å². The molecule has 0 rings (SSSR count). The summed E-state index contributed by atoms with van der Waals surface area (Å²) >= 11 is 5.52. The molecule has 0 heterocycles. The van der Waals surface area contributed by atoms with Gasteiger partial charge in [0, 0.05) is 17.8 Å². The van der Waals surface area contributed by atoms with Gasteiger partial charge in [0.05, 0.1) is 0 Å². The van der Waals surface area contributed by atoms with Gasteiger partial charge in [-0.1, -0.05) is 0 Å². The van der Waals surface area contributed by atoms with Crippen LogP contribution < -0.4 is 10.6 Å². The minimum atomic E-state index is -0.502. The quantitative estimate of drug-likeness (QED) is 0.567. The van der Waals surface area contributed by atoms with Crippen LogP contribution in [-0.2, 0) is 9.59 Å². The number of unbranched alkanes of at least 4 members (excludes halogenated alkanes) is 1. The second-order valence-corrected chi connectivity index (χ2v) is 5.55. The van der Waals surface area contributed by atoms with Crippen LogP contribution in [0.15, 0.2) is 0 Å². The number of amides is 2. The van der Waals surface area contributed by atoms with Gasteiger partial charge in [0.1, 0.15) is 6.04 Å². The van der Waals surface area contributed by atoms with Crippen molar-refractivity contribution >= 4 is 23.4 Å². The lowest BCUT2D eigenvalue weighted by atomic mass is 10.1. The van der Waals surface area contributed by atoms with E-state index in [1.165, 1.54) is 0 Å². The fourth-order valence-corrected chi connectivity index (χ4v) is 1.43. The van der Waals surface area contributed by atoms with Crippen molar-refractivity contribution in [3.8, 4) is 0 Å². The molecule has 0 aliphatic carbocycles. The third kappa shape index (κ3) is 8.98. The van der Waals surface area contributed by atoms with Gasteiger partial charge in [-0.15, -0.1) is 11.6 Å². The van der Waals surface area contributed by atoms with E-state index in [-0.39, 0.29) is 17.4 Å². The summed E-state index contributed by atoms with van der Waals surface area (Å²) in [6, 6.07) is -0.502. The highest BCUT2D eigenvalue weighted by Gasteiger charge is 2.20. The number of hydrogen-bond donors (Lipinski definition) is 2. The first-order chi connectivity index (χ1) is 7.76. The van der Waals surface area contributed by atoms with E-state index in [0.717, 1.165) is 12.8 Å². The zero-order valence-electron chi connectivity index (χ0n) is 11.1. The van der Waals surface area contributed by atoms with Crippen LogP contribution in [0.3, 0.4) is 0 Å². The lowest BCUT2D eigenvalue weighted by Crippen LogP contribution is -2.50. The summed E-state index contributed by atoms with van der Waals surface area (Å²) in [5.74, 6) is 0.294. The fourth-order valence-electron chi connectivity index (χ4n) is 1.24. The van der Waals surface area contributed by atoms with E-state index in [9.17, 15) is 9.59 Å². The van der Waals surface area contributed by atoms with Gasteiger partial charge >= 0.3 is 0 Å². The number of halogens is 1. The van der Waals surface area contributed by atoms with Crippen LogP contribution in [0.5, 0.6) is 0 Å². The number of rotatable bonds is 6. The molecule has 5 heteroatoms. The Bertz CT molecular complexity index is 262. The molecule has 0 spiro atoms. The molecule has 0 aromatic carbocycles. The molecule has 100 valence electrons. The van der Waals surface area contributed by atoms with E-state index in [1.807, 2.05) is 20.8 Å². The predicted molar refractivity (Wildman–Crippen MR) is 70.1 cm³/mol. The third-order valence-electron chi connectivity index (χ3n) is 2.06. The molecule has 0 aliphatic heterocycles. The second-order valence-electron chi connectivity index (χ2n) is 5.17. The predicted octanol–water partition coefficient (Wildman–Crippen LogP) is 1.81. The second kappa shape index (κ2) is 7.54. The molecule has 0 radical (unpaired) electrons. The van der Waals surface area contributed by atoms with E-state index >= 15 is 0 Å². The molecule has 0 saturated carbocycles. The lowest BCUT2D eigenvalue weighted by molar-refractivity contribution is -0.129. The minimum Gasteiger partial charge on any atom is -0.350 e. The molecule has 4 nitrogen and oxygen atoms in total. The molecule has 1 unspecified atom stereocenters. The standard InChI is InChI=1S/C12H23ClN2O2/c1-9(11(17)15-12(2,3)4)14-10(16)7-5-6-8-13/h9H,5-8H2,1-4H3,(H,14,16)(H,15,17). The monoisotopic (exact) mass is 262 g/mol. The average Bonchev–Trinajstić information content (AvgIpc) is 2.15. The molecule has 0 fully saturated rings. The Balaban J connectivity index is 3.95. The highest BCUT2D eigenvalue weighted by molar-refractivity contribution is 6.17. The van der Waals surface area contributed by atoms with Crippen LogP contribution in [0.25, 0.3) is 0 Å². The van der Waals surface area contributed by atoms with Crippen molar-refractivity contribution in [1.29, 1.82) is 0 Å². The molecule has 2 N–H and O–H groups in total. The Morgan fingerprint density at radius 1 is 1.24 bits per heavy atom. The van der Waals surface area contributed by atoms with Crippen molar-refractivity contribution in [2.24, 2.45) is 0 Å². The van der Waals surface area contributed by atoms with Gasteiger partial charge in [0.25, 0.3) is 0 Å². The minimum absolute atomic E-state index is 0.105. The Morgan fingerprint density at radius 2 is 1.82 bits per heavy atom. The normalized spacial score (nSPS) is 13.0. The first kappa shape index (κ1) is 16.2. The van der Waals surface area contributed by atoms with Gasteiger partial charge in [-0.25, -0.2) is 0 Å². The van der Waals surface area contributed by atoms with E-state index in [2.05, 4.69) is 10.6 Å². The summed E-state index contributed by atoms with van der Waals surface area (Å²) in [5.41, 5.74) is -0.283. The van der Waals surface area contributed by atoms with Gasteiger partial charge in [-0.2, -0.15) is 0 Å². The van der Waals surface area contributed by atoms with Crippen LogP contribution >= 0.6 is 11.6 Å². The maximum absolute atomic E-state index is 11.7. The van der Waals surface area contributed by atoms with Crippen LogP contribution in [0.1, 0.15) is 47.0 Å². The molecule has 0 saturated heterocycles. The number of carbonyl (C=O) groups excluding carboxylic acids is 2. The van der Waals surface area contributed by atoms with Crippen molar-refractivity contribution in [3.05, 3.63) is 0 Å². The summed E-state index contributed by atoms with van der Waals surface area (Å²) in [5, 5.41) is 5.48. The highest BCUT2D eigenvalue weighted by Crippen LogP contribution is 2.01. The molecular formula is C12H23ClN2O2. The van der Waals surface area contributed by atoms with Crippen LogP contribution in [0, 0.1) is 0 Å². The first-order valence-electron chi connectivity index (χ1n) is 5.93. The van der Waals surface area contributed by atoms with Gasteiger partial charge in [0.2, 0.25) is 11.8 Å². The molecule has 0 aliphatic rings. The van der Waals surface area contributed by atoms with Gasteiger partial charge in [0.15, 0.2) is 0 Å². The van der Waals surface area contributed by atoms with E-state index in [1.54, 1.807) is 6.92 Å². The number of alkyl halides is 1. The van der Waals surface area contributed by atoms with Crippen molar-refractivity contribution in [2.45, 2.75) is 58.5 Å². The smallest absolute Gasteiger partial charge is 0.242 e. The summed E-state index contributed by atoms with van der Waals surface area (Å²) in [6.45, 7) is 7.39. The van der Waals surface area contributed by atoms with Crippen molar-refractivity contribution in [2.75, 3.05) is 5.88 Å². The average molecular weight is 263 g/mol. The van der Waals surface area contributed by atoms with Gasteiger partial charge in [-0.05, 0) is 40.5 Å². The zero-order valence-corrected chi connectivity index (χ0v) is 11.9.